The van der Waals surface area contributed by atoms with Crippen molar-refractivity contribution in [2.75, 3.05) is 5.88 Å². The van der Waals surface area contributed by atoms with Gasteiger partial charge in [-0.1, -0.05) is 90.9 Å². The second-order valence-electron chi connectivity index (χ2n) is 6.10. The van der Waals surface area contributed by atoms with Crippen molar-refractivity contribution in [3.05, 3.63) is 0 Å². The van der Waals surface area contributed by atoms with Crippen LogP contribution in [0.4, 0.5) is 0 Å². The zero-order chi connectivity index (χ0) is 14.2. The lowest BCUT2D eigenvalue weighted by Crippen LogP contribution is -2.01. The summed E-state index contributed by atoms with van der Waals surface area (Å²) in [6, 6.07) is 0. The Bertz CT molecular complexity index is 148. The number of alkyl halides is 1. The van der Waals surface area contributed by atoms with Gasteiger partial charge in [0, 0.05) is 5.88 Å². The number of hydrogen-bond acceptors (Lipinski definition) is 0. The van der Waals surface area contributed by atoms with Crippen molar-refractivity contribution in [2.24, 2.45) is 5.92 Å². The molecule has 116 valence electrons. The van der Waals surface area contributed by atoms with Gasteiger partial charge in [0.2, 0.25) is 0 Å². The van der Waals surface area contributed by atoms with Crippen LogP contribution in [-0.2, 0) is 0 Å². The third-order valence-electron chi connectivity index (χ3n) is 4.18. The summed E-state index contributed by atoms with van der Waals surface area (Å²) >= 11 is 5.82. The molecule has 0 saturated carbocycles. The molecule has 0 amide bonds. The van der Waals surface area contributed by atoms with Gasteiger partial charge in [-0.05, 0) is 18.8 Å². The number of halogens is 1. The topological polar surface area (TPSA) is 0 Å². The van der Waals surface area contributed by atoms with Gasteiger partial charge >= 0.3 is 0 Å². The molecule has 1 heteroatoms. The van der Waals surface area contributed by atoms with E-state index in [-0.39, 0.29) is 0 Å². The first kappa shape index (κ1) is 19.3. The fraction of sp³-hybridized carbons (Fsp3) is 1.00. The minimum atomic E-state index is 0.847. The highest BCUT2D eigenvalue weighted by Crippen LogP contribution is 2.22. The summed E-state index contributed by atoms with van der Waals surface area (Å²) in [7, 11) is 0. The van der Waals surface area contributed by atoms with Crippen molar-refractivity contribution in [3.63, 3.8) is 0 Å². The third-order valence-corrected chi connectivity index (χ3v) is 4.45. The SMILES string of the molecule is CCCCCCCCCCC(CCCC)CCCCl. The van der Waals surface area contributed by atoms with Crippen LogP contribution < -0.4 is 0 Å². The second kappa shape index (κ2) is 16.3. The number of rotatable bonds is 15. The molecule has 0 rings (SSSR count). The van der Waals surface area contributed by atoms with Crippen LogP contribution in [0, 0.1) is 5.92 Å². The van der Waals surface area contributed by atoms with E-state index < -0.39 is 0 Å². The van der Waals surface area contributed by atoms with E-state index in [0.717, 1.165) is 11.8 Å². The molecule has 0 bridgehead atoms. The molecule has 0 aliphatic heterocycles. The summed E-state index contributed by atoms with van der Waals surface area (Å²) in [6.45, 7) is 4.59. The van der Waals surface area contributed by atoms with Gasteiger partial charge in [-0.25, -0.2) is 0 Å². The summed E-state index contributed by atoms with van der Waals surface area (Å²) in [5, 5.41) is 0. The molecule has 0 heterocycles. The Hall–Kier alpha value is 0.290. The maximum absolute atomic E-state index is 5.82. The van der Waals surface area contributed by atoms with E-state index in [9.17, 15) is 0 Å². The van der Waals surface area contributed by atoms with E-state index in [0.29, 0.717) is 0 Å². The molecule has 0 radical (unpaired) electrons. The molecule has 1 atom stereocenters. The Kier molecular flexibility index (Phi) is 16.6. The van der Waals surface area contributed by atoms with Crippen LogP contribution in [0.1, 0.15) is 104 Å². The lowest BCUT2D eigenvalue weighted by atomic mass is 9.91. The monoisotopic (exact) mass is 288 g/mol. The van der Waals surface area contributed by atoms with Gasteiger partial charge < -0.3 is 0 Å². The average molecular weight is 289 g/mol. The Balaban J connectivity index is 3.40. The Morgan fingerprint density at radius 3 is 1.63 bits per heavy atom. The molecule has 0 spiro atoms. The Morgan fingerprint density at radius 1 is 0.579 bits per heavy atom. The molecule has 19 heavy (non-hydrogen) atoms. The molecule has 0 aliphatic carbocycles. The lowest BCUT2D eigenvalue weighted by molar-refractivity contribution is 0.384. The van der Waals surface area contributed by atoms with Crippen molar-refractivity contribution in [3.8, 4) is 0 Å². The molecular formula is C18H37Cl. The molecule has 0 nitrogen and oxygen atoms in total. The van der Waals surface area contributed by atoms with Gasteiger partial charge in [-0.2, -0.15) is 0 Å². The van der Waals surface area contributed by atoms with E-state index in [2.05, 4.69) is 13.8 Å². The summed E-state index contributed by atoms with van der Waals surface area (Å²) < 4.78 is 0. The molecule has 0 aromatic rings. The summed E-state index contributed by atoms with van der Waals surface area (Å²) in [6.07, 6.45) is 19.7. The Labute approximate surface area is 127 Å². The highest BCUT2D eigenvalue weighted by molar-refractivity contribution is 6.17. The molecule has 0 aliphatic rings. The predicted octanol–water partition coefficient (Wildman–Crippen LogP) is 7.34. The molecule has 0 aromatic heterocycles. The summed E-state index contributed by atoms with van der Waals surface area (Å²) in [4.78, 5) is 0. The second-order valence-corrected chi connectivity index (χ2v) is 6.48. The number of unbranched alkanes of at least 4 members (excludes halogenated alkanes) is 8. The zero-order valence-corrected chi connectivity index (χ0v) is 14.3. The van der Waals surface area contributed by atoms with E-state index in [1.54, 1.807) is 0 Å². The van der Waals surface area contributed by atoms with Crippen molar-refractivity contribution in [1.82, 2.24) is 0 Å². The van der Waals surface area contributed by atoms with Gasteiger partial charge in [0.25, 0.3) is 0 Å². The normalized spacial score (nSPS) is 12.8. The molecule has 0 N–H and O–H groups in total. The zero-order valence-electron chi connectivity index (χ0n) is 13.6. The fourth-order valence-corrected chi connectivity index (χ4v) is 3.01. The van der Waals surface area contributed by atoms with Crippen LogP contribution in [0.25, 0.3) is 0 Å². The maximum Gasteiger partial charge on any atom is 0.0223 e. The highest BCUT2D eigenvalue weighted by Gasteiger charge is 2.07. The van der Waals surface area contributed by atoms with Crippen LogP contribution >= 0.6 is 11.6 Å². The van der Waals surface area contributed by atoms with Crippen molar-refractivity contribution in [1.29, 1.82) is 0 Å². The van der Waals surface area contributed by atoms with E-state index in [1.165, 1.54) is 89.9 Å². The first-order valence-corrected chi connectivity index (χ1v) is 9.44. The lowest BCUT2D eigenvalue weighted by Gasteiger charge is -2.15. The van der Waals surface area contributed by atoms with Crippen LogP contribution in [-0.4, -0.2) is 5.88 Å². The minimum absolute atomic E-state index is 0.847. The highest BCUT2D eigenvalue weighted by atomic mass is 35.5. The average Bonchev–Trinajstić information content (AvgIpc) is 2.43. The molecule has 0 saturated heterocycles. The first-order valence-electron chi connectivity index (χ1n) is 8.91. The summed E-state index contributed by atoms with van der Waals surface area (Å²) in [5.74, 6) is 1.80. The van der Waals surface area contributed by atoms with Crippen LogP contribution in [0.5, 0.6) is 0 Å². The maximum atomic E-state index is 5.82. The number of hydrogen-bond donors (Lipinski definition) is 0. The van der Waals surface area contributed by atoms with Gasteiger partial charge in [-0.3, -0.25) is 0 Å². The van der Waals surface area contributed by atoms with Crippen LogP contribution in [0.2, 0.25) is 0 Å². The van der Waals surface area contributed by atoms with Gasteiger partial charge in [0.1, 0.15) is 0 Å². The summed E-state index contributed by atoms with van der Waals surface area (Å²) in [5.41, 5.74) is 0. The Morgan fingerprint density at radius 2 is 1.05 bits per heavy atom. The van der Waals surface area contributed by atoms with E-state index in [1.807, 2.05) is 0 Å². The standard InChI is InChI=1S/C18H37Cl/c1-3-5-7-8-9-10-11-12-15-18(14-6-4-2)16-13-17-19/h18H,3-17H2,1-2H3. The minimum Gasteiger partial charge on any atom is -0.127 e. The molecular weight excluding hydrogens is 252 g/mol. The van der Waals surface area contributed by atoms with E-state index in [4.69, 9.17) is 11.6 Å². The molecule has 0 fully saturated rings. The third kappa shape index (κ3) is 14.5. The molecule has 1 unspecified atom stereocenters. The van der Waals surface area contributed by atoms with Crippen molar-refractivity contribution >= 4 is 11.6 Å². The van der Waals surface area contributed by atoms with Crippen LogP contribution in [0.3, 0.4) is 0 Å². The van der Waals surface area contributed by atoms with Crippen molar-refractivity contribution < 1.29 is 0 Å². The van der Waals surface area contributed by atoms with E-state index >= 15 is 0 Å². The van der Waals surface area contributed by atoms with Gasteiger partial charge in [0.05, 0.1) is 0 Å². The largest absolute Gasteiger partial charge is 0.127 e. The predicted molar refractivity (Wildman–Crippen MR) is 90.2 cm³/mol. The van der Waals surface area contributed by atoms with Gasteiger partial charge in [0.15, 0.2) is 0 Å². The van der Waals surface area contributed by atoms with Crippen molar-refractivity contribution in [2.45, 2.75) is 104 Å². The first-order chi connectivity index (χ1) is 9.35. The van der Waals surface area contributed by atoms with Crippen LogP contribution in [0.15, 0.2) is 0 Å². The fourth-order valence-electron chi connectivity index (χ4n) is 2.86. The molecule has 0 aromatic carbocycles. The van der Waals surface area contributed by atoms with Gasteiger partial charge in [-0.15, -0.1) is 11.6 Å². The quantitative estimate of drug-likeness (QED) is 0.218. The smallest absolute Gasteiger partial charge is 0.0223 e.